The van der Waals surface area contributed by atoms with Crippen LogP contribution >= 0.6 is 0 Å². The van der Waals surface area contributed by atoms with Gasteiger partial charge in [0.2, 0.25) is 0 Å². The molecule has 0 atom stereocenters. The molecule has 7 rings (SSSR count). The van der Waals surface area contributed by atoms with E-state index in [9.17, 15) is 4.39 Å². The van der Waals surface area contributed by atoms with E-state index in [1.165, 1.54) is 28.4 Å². The Hall–Kier alpha value is -4.22. The number of nitrogens with zero attached hydrogens (tertiary/aromatic N) is 2. The Morgan fingerprint density at radius 3 is 2.20 bits per heavy atom. The summed E-state index contributed by atoms with van der Waals surface area (Å²) in [6.45, 7) is 16.1. The monoisotopic (exact) mass is 855 g/mol. The first-order valence-corrected chi connectivity index (χ1v) is 20.5. The third-order valence-corrected chi connectivity index (χ3v) is 10.7. The SMILES string of the molecule is CC(C)Cc1ccnc(-c2[c-]ccc3c2oc2cc(-c4ccc(F)cc4)ccc23)c1.CC(C)c1cc(-c2[c-]cccc2)ncc1[Si](C)(C)C.[Ir]. The van der Waals surface area contributed by atoms with Crippen molar-refractivity contribution in [3.63, 3.8) is 0 Å². The fourth-order valence-corrected chi connectivity index (χ4v) is 7.92. The average Bonchev–Trinajstić information content (AvgIpc) is 3.46. The van der Waals surface area contributed by atoms with E-state index in [2.05, 4.69) is 106 Å². The predicted octanol–water partition coefficient (Wildman–Crippen LogP) is 11.7. The summed E-state index contributed by atoms with van der Waals surface area (Å²) in [5.74, 6) is 0.874. The van der Waals surface area contributed by atoms with Gasteiger partial charge >= 0.3 is 0 Å². The molecule has 3 heterocycles. The maximum absolute atomic E-state index is 13.3. The van der Waals surface area contributed by atoms with Crippen molar-refractivity contribution in [3.05, 3.63) is 139 Å². The number of aromatic nitrogens is 2. The zero-order chi connectivity index (χ0) is 34.7. The summed E-state index contributed by atoms with van der Waals surface area (Å²) in [5.41, 5.74) is 10.1. The average molecular weight is 855 g/mol. The minimum absolute atomic E-state index is 0. The van der Waals surface area contributed by atoms with Crippen LogP contribution in [0.2, 0.25) is 19.6 Å². The summed E-state index contributed by atoms with van der Waals surface area (Å²) in [6, 6.07) is 37.6. The Kier molecular flexibility index (Phi) is 11.7. The van der Waals surface area contributed by atoms with Gasteiger partial charge in [0.15, 0.2) is 0 Å². The Balaban J connectivity index is 0.000000211. The first-order valence-electron chi connectivity index (χ1n) is 17.0. The normalized spacial score (nSPS) is 11.5. The molecule has 0 saturated carbocycles. The van der Waals surface area contributed by atoms with E-state index in [4.69, 9.17) is 4.42 Å². The van der Waals surface area contributed by atoms with Crippen molar-refractivity contribution >= 4 is 35.2 Å². The van der Waals surface area contributed by atoms with Crippen LogP contribution in [0.15, 0.2) is 114 Å². The van der Waals surface area contributed by atoms with Crippen LogP contribution in [-0.2, 0) is 26.5 Å². The molecule has 7 aromatic rings. The topological polar surface area (TPSA) is 38.9 Å². The fraction of sp³-hybridized carbons (Fsp3) is 0.227. The van der Waals surface area contributed by atoms with Gasteiger partial charge in [-0.1, -0.05) is 106 Å². The number of hydrogen-bond acceptors (Lipinski definition) is 3. The quantitative estimate of drug-likeness (QED) is 0.118. The molecular formula is C44H43FIrN2OSi-2. The molecule has 0 aliphatic carbocycles. The molecule has 0 N–H and O–H groups in total. The second-order valence-electron chi connectivity index (χ2n) is 14.4. The van der Waals surface area contributed by atoms with Crippen LogP contribution in [0.1, 0.15) is 44.7 Å². The van der Waals surface area contributed by atoms with Gasteiger partial charge in [0, 0.05) is 37.9 Å². The zero-order valence-corrected chi connectivity index (χ0v) is 33.2. The van der Waals surface area contributed by atoms with Crippen LogP contribution in [-0.4, -0.2) is 18.0 Å². The van der Waals surface area contributed by atoms with Gasteiger partial charge in [-0.05, 0) is 70.2 Å². The molecule has 0 fully saturated rings. The van der Waals surface area contributed by atoms with Crippen molar-refractivity contribution in [2.24, 2.45) is 5.92 Å². The summed E-state index contributed by atoms with van der Waals surface area (Å²) in [6.07, 6.45) is 4.96. The number of fused-ring (bicyclic) bond motifs is 3. The molecule has 6 heteroatoms. The van der Waals surface area contributed by atoms with E-state index < -0.39 is 8.07 Å². The molecule has 0 unspecified atom stereocenters. The number of hydrogen-bond donors (Lipinski definition) is 0. The van der Waals surface area contributed by atoms with Crippen LogP contribution < -0.4 is 5.19 Å². The first-order chi connectivity index (χ1) is 23.5. The van der Waals surface area contributed by atoms with Crippen molar-refractivity contribution in [1.82, 2.24) is 9.97 Å². The Morgan fingerprint density at radius 1 is 0.760 bits per heavy atom. The third-order valence-electron chi connectivity index (χ3n) is 8.69. The largest absolute Gasteiger partial charge is 0.501 e. The number of rotatable bonds is 7. The van der Waals surface area contributed by atoms with Crippen LogP contribution in [0.3, 0.4) is 0 Å². The molecule has 4 aromatic carbocycles. The number of halogens is 1. The molecule has 0 bridgehead atoms. The van der Waals surface area contributed by atoms with Crippen LogP contribution in [0.5, 0.6) is 0 Å². The van der Waals surface area contributed by atoms with Gasteiger partial charge in [-0.3, -0.25) is 0 Å². The molecular weight excluding hydrogens is 812 g/mol. The minimum atomic E-state index is -1.34. The molecule has 0 amide bonds. The maximum Gasteiger partial charge on any atom is 0.123 e. The fourth-order valence-electron chi connectivity index (χ4n) is 6.24. The number of benzene rings is 4. The maximum atomic E-state index is 13.3. The van der Waals surface area contributed by atoms with Gasteiger partial charge in [0.25, 0.3) is 0 Å². The Labute approximate surface area is 310 Å². The van der Waals surface area contributed by atoms with Crippen molar-refractivity contribution < 1.29 is 28.9 Å². The molecule has 50 heavy (non-hydrogen) atoms. The van der Waals surface area contributed by atoms with Crippen molar-refractivity contribution in [3.8, 4) is 33.6 Å². The minimum Gasteiger partial charge on any atom is -0.501 e. The summed E-state index contributed by atoms with van der Waals surface area (Å²) in [7, 11) is -1.34. The van der Waals surface area contributed by atoms with Crippen LogP contribution in [0.4, 0.5) is 4.39 Å². The van der Waals surface area contributed by atoms with Gasteiger partial charge in [-0.15, -0.1) is 54.1 Å². The smallest absolute Gasteiger partial charge is 0.123 e. The molecule has 3 nitrogen and oxygen atoms in total. The molecule has 0 aliphatic rings. The Bertz CT molecular complexity index is 2200. The van der Waals surface area contributed by atoms with Gasteiger partial charge < -0.3 is 14.4 Å². The zero-order valence-electron chi connectivity index (χ0n) is 29.8. The predicted molar refractivity (Wildman–Crippen MR) is 205 cm³/mol. The van der Waals surface area contributed by atoms with Gasteiger partial charge in [-0.2, -0.15) is 0 Å². The van der Waals surface area contributed by atoms with Gasteiger partial charge in [-0.25, -0.2) is 4.39 Å². The summed E-state index contributed by atoms with van der Waals surface area (Å²) in [4.78, 5) is 9.25. The van der Waals surface area contributed by atoms with E-state index in [0.717, 1.165) is 62.0 Å². The standard InChI is InChI=1S/C27H21FNO.C17H22NSi.Ir/c1-17(2)14-18-12-13-29-25(15-18)24-5-3-4-23-22-11-8-20(16-26(22)30-27(23)24)19-6-9-21(28)10-7-19;1-13(2)15-11-16(14-9-7-6-8-10-14)18-12-17(15)19(3,4)5;/h3-4,6-13,15-17H,14H2,1-2H3;6-9,11-13H,1-5H3;/q2*-1;. The summed E-state index contributed by atoms with van der Waals surface area (Å²) < 4.78 is 19.6. The second-order valence-corrected chi connectivity index (χ2v) is 19.4. The molecule has 1 radical (unpaired) electrons. The van der Waals surface area contributed by atoms with Crippen molar-refractivity contribution in [1.29, 1.82) is 0 Å². The van der Waals surface area contributed by atoms with Crippen molar-refractivity contribution in [2.45, 2.75) is 59.7 Å². The first kappa shape index (κ1) is 37.0. The molecule has 0 saturated heterocycles. The molecule has 0 aliphatic heterocycles. The number of furan rings is 1. The van der Waals surface area contributed by atoms with E-state index >= 15 is 0 Å². The third kappa shape index (κ3) is 8.38. The van der Waals surface area contributed by atoms with E-state index in [1.807, 2.05) is 48.7 Å². The van der Waals surface area contributed by atoms with Crippen LogP contribution in [0.25, 0.3) is 55.6 Å². The van der Waals surface area contributed by atoms with Crippen molar-refractivity contribution in [2.75, 3.05) is 0 Å². The van der Waals surface area contributed by atoms with Crippen LogP contribution in [0, 0.1) is 23.9 Å². The Morgan fingerprint density at radius 2 is 1.52 bits per heavy atom. The molecule has 257 valence electrons. The number of pyridine rings is 2. The summed E-state index contributed by atoms with van der Waals surface area (Å²) >= 11 is 0. The summed E-state index contributed by atoms with van der Waals surface area (Å²) in [5, 5.41) is 3.56. The van der Waals surface area contributed by atoms with E-state index in [0.29, 0.717) is 11.8 Å². The van der Waals surface area contributed by atoms with Gasteiger partial charge in [0.05, 0.1) is 13.7 Å². The van der Waals surface area contributed by atoms with E-state index in [1.54, 1.807) is 12.1 Å². The molecule has 0 spiro atoms. The molecule has 3 aromatic heterocycles. The van der Waals surface area contributed by atoms with E-state index in [-0.39, 0.29) is 25.9 Å². The second kappa shape index (κ2) is 15.8. The van der Waals surface area contributed by atoms with Gasteiger partial charge in [0.1, 0.15) is 11.4 Å².